The molecule has 17 heavy (non-hydrogen) atoms. The van der Waals surface area contributed by atoms with Gasteiger partial charge in [0.15, 0.2) is 0 Å². The molecule has 2 heteroatoms. The molecule has 2 rings (SSSR count). The molecule has 2 bridgehead atoms. The number of nitrogens with zero attached hydrogens (tertiary/aromatic N) is 1. The van der Waals surface area contributed by atoms with Gasteiger partial charge in [0.05, 0.1) is 6.10 Å². The van der Waals surface area contributed by atoms with Gasteiger partial charge in [-0.25, -0.2) is 0 Å². The zero-order chi connectivity index (χ0) is 12.4. The molecule has 0 spiro atoms. The van der Waals surface area contributed by atoms with Gasteiger partial charge in [-0.1, -0.05) is 26.7 Å². The maximum atomic E-state index is 10.4. The van der Waals surface area contributed by atoms with E-state index >= 15 is 0 Å². The molecule has 2 fully saturated rings. The summed E-state index contributed by atoms with van der Waals surface area (Å²) in [6.45, 7) is 4.50. The molecule has 2 nitrogen and oxygen atoms in total. The lowest BCUT2D eigenvalue weighted by atomic mass is 9.82. The average Bonchev–Trinajstić information content (AvgIpc) is 2.58. The molecule has 2 heterocycles. The van der Waals surface area contributed by atoms with Crippen molar-refractivity contribution in [3.05, 3.63) is 0 Å². The topological polar surface area (TPSA) is 23.5 Å². The second-order valence-corrected chi connectivity index (χ2v) is 6.27. The third-order valence-electron chi connectivity index (χ3n) is 5.41. The monoisotopic (exact) mass is 239 g/mol. The van der Waals surface area contributed by atoms with Crippen LogP contribution in [0.25, 0.3) is 0 Å². The Balaban J connectivity index is 1.87. The summed E-state index contributed by atoms with van der Waals surface area (Å²) < 4.78 is 0. The van der Waals surface area contributed by atoms with Crippen LogP contribution in [0.1, 0.15) is 58.8 Å². The first kappa shape index (κ1) is 13.4. The van der Waals surface area contributed by atoms with Crippen LogP contribution in [0.15, 0.2) is 0 Å². The van der Waals surface area contributed by atoms with Crippen LogP contribution in [0.5, 0.6) is 0 Å². The van der Waals surface area contributed by atoms with Gasteiger partial charge in [0.1, 0.15) is 0 Å². The molecule has 1 N–H and O–H groups in total. The van der Waals surface area contributed by atoms with Crippen molar-refractivity contribution < 1.29 is 5.11 Å². The largest absolute Gasteiger partial charge is 0.393 e. The van der Waals surface area contributed by atoms with Crippen LogP contribution in [0.4, 0.5) is 0 Å². The standard InChI is InChI=1S/C15H29NO/c1-4-11(5-2)8-15(17)12-9-13-6-7-14(10-12)16(13)3/h11-15,17H,4-10H2,1-3H3. The summed E-state index contributed by atoms with van der Waals surface area (Å²) in [5, 5.41) is 10.4. The van der Waals surface area contributed by atoms with Crippen molar-refractivity contribution >= 4 is 0 Å². The SMILES string of the molecule is CCC(CC)CC(O)C1CC2CCC(C1)N2C. The molecule has 0 aromatic rings. The minimum Gasteiger partial charge on any atom is -0.393 e. The molecule has 2 aliphatic heterocycles. The first-order valence-corrected chi connectivity index (χ1v) is 7.55. The molecule has 0 aromatic carbocycles. The van der Waals surface area contributed by atoms with Crippen LogP contribution < -0.4 is 0 Å². The number of fused-ring (bicyclic) bond motifs is 2. The van der Waals surface area contributed by atoms with Gasteiger partial charge in [0.25, 0.3) is 0 Å². The van der Waals surface area contributed by atoms with Crippen LogP contribution in [-0.4, -0.2) is 35.2 Å². The highest BCUT2D eigenvalue weighted by Gasteiger charge is 2.40. The minimum atomic E-state index is -0.0447. The van der Waals surface area contributed by atoms with Gasteiger partial charge in [0, 0.05) is 12.1 Å². The average molecular weight is 239 g/mol. The molecule has 3 atom stereocenters. The van der Waals surface area contributed by atoms with Crippen LogP contribution in [0, 0.1) is 11.8 Å². The zero-order valence-corrected chi connectivity index (χ0v) is 11.7. The van der Waals surface area contributed by atoms with E-state index in [-0.39, 0.29) is 6.10 Å². The Labute approximate surface area is 106 Å². The highest BCUT2D eigenvalue weighted by atomic mass is 16.3. The van der Waals surface area contributed by atoms with Crippen LogP contribution >= 0.6 is 0 Å². The second kappa shape index (κ2) is 5.71. The number of hydrogen-bond donors (Lipinski definition) is 1. The molecule has 0 radical (unpaired) electrons. The van der Waals surface area contributed by atoms with E-state index in [9.17, 15) is 5.11 Å². The van der Waals surface area contributed by atoms with Crippen molar-refractivity contribution in [2.24, 2.45) is 11.8 Å². The van der Waals surface area contributed by atoms with E-state index in [1.165, 1.54) is 38.5 Å². The predicted octanol–water partition coefficient (Wildman–Crippen LogP) is 3.05. The van der Waals surface area contributed by atoms with Gasteiger partial charge in [-0.15, -0.1) is 0 Å². The minimum absolute atomic E-state index is 0.0447. The summed E-state index contributed by atoms with van der Waals surface area (Å²) in [4.78, 5) is 2.56. The van der Waals surface area contributed by atoms with Gasteiger partial charge in [-0.3, -0.25) is 0 Å². The van der Waals surface area contributed by atoms with E-state index in [4.69, 9.17) is 0 Å². The van der Waals surface area contributed by atoms with Gasteiger partial charge in [-0.05, 0) is 51.0 Å². The Morgan fingerprint density at radius 2 is 1.65 bits per heavy atom. The Morgan fingerprint density at radius 3 is 2.12 bits per heavy atom. The Bertz CT molecular complexity index is 225. The fourth-order valence-corrected chi connectivity index (χ4v) is 3.92. The third kappa shape index (κ3) is 2.85. The Kier molecular flexibility index (Phi) is 4.48. The molecule has 2 aliphatic rings. The van der Waals surface area contributed by atoms with Crippen LogP contribution in [-0.2, 0) is 0 Å². The maximum absolute atomic E-state index is 10.4. The van der Waals surface area contributed by atoms with E-state index in [0.29, 0.717) is 5.92 Å². The number of aliphatic hydroxyl groups is 1. The number of rotatable bonds is 5. The van der Waals surface area contributed by atoms with Crippen molar-refractivity contribution in [1.82, 2.24) is 4.90 Å². The number of aliphatic hydroxyl groups excluding tert-OH is 1. The molecule has 100 valence electrons. The summed E-state index contributed by atoms with van der Waals surface area (Å²) in [5.41, 5.74) is 0. The molecule has 0 aliphatic carbocycles. The van der Waals surface area contributed by atoms with Gasteiger partial charge >= 0.3 is 0 Å². The van der Waals surface area contributed by atoms with Crippen molar-refractivity contribution in [3.8, 4) is 0 Å². The summed E-state index contributed by atoms with van der Waals surface area (Å²) in [6.07, 6.45) is 8.59. The van der Waals surface area contributed by atoms with Crippen molar-refractivity contribution in [2.45, 2.75) is 77.0 Å². The first-order chi connectivity index (χ1) is 8.15. The fourth-order valence-electron chi connectivity index (χ4n) is 3.92. The number of piperidine rings is 1. The van der Waals surface area contributed by atoms with Gasteiger partial charge < -0.3 is 10.0 Å². The summed E-state index contributed by atoms with van der Waals surface area (Å²) >= 11 is 0. The maximum Gasteiger partial charge on any atom is 0.0572 e. The van der Waals surface area contributed by atoms with E-state index in [0.717, 1.165) is 24.4 Å². The molecule has 0 aromatic heterocycles. The van der Waals surface area contributed by atoms with Crippen LogP contribution in [0.3, 0.4) is 0 Å². The molecule has 3 unspecified atom stereocenters. The smallest absolute Gasteiger partial charge is 0.0572 e. The van der Waals surface area contributed by atoms with Gasteiger partial charge in [0.2, 0.25) is 0 Å². The lowest BCUT2D eigenvalue weighted by Gasteiger charge is -2.39. The van der Waals surface area contributed by atoms with Gasteiger partial charge in [-0.2, -0.15) is 0 Å². The summed E-state index contributed by atoms with van der Waals surface area (Å²) in [6, 6.07) is 1.52. The van der Waals surface area contributed by atoms with Crippen LogP contribution in [0.2, 0.25) is 0 Å². The lowest BCUT2D eigenvalue weighted by Crippen LogP contribution is -2.43. The van der Waals surface area contributed by atoms with E-state index in [1.807, 2.05) is 0 Å². The number of hydrogen-bond acceptors (Lipinski definition) is 2. The normalized spacial score (nSPS) is 35.5. The van der Waals surface area contributed by atoms with Crippen molar-refractivity contribution in [2.75, 3.05) is 7.05 Å². The summed E-state index contributed by atoms with van der Waals surface area (Å²) in [5.74, 6) is 1.30. The lowest BCUT2D eigenvalue weighted by molar-refractivity contribution is 0.0218. The van der Waals surface area contributed by atoms with E-state index in [1.54, 1.807) is 0 Å². The Hall–Kier alpha value is -0.0800. The van der Waals surface area contributed by atoms with Crippen molar-refractivity contribution in [1.29, 1.82) is 0 Å². The van der Waals surface area contributed by atoms with E-state index in [2.05, 4.69) is 25.8 Å². The Morgan fingerprint density at radius 1 is 1.12 bits per heavy atom. The third-order valence-corrected chi connectivity index (χ3v) is 5.41. The molecule has 2 saturated heterocycles. The van der Waals surface area contributed by atoms with E-state index < -0.39 is 0 Å². The van der Waals surface area contributed by atoms with Crippen molar-refractivity contribution in [3.63, 3.8) is 0 Å². The molecule has 0 saturated carbocycles. The zero-order valence-electron chi connectivity index (χ0n) is 11.7. The second-order valence-electron chi connectivity index (χ2n) is 6.27. The summed E-state index contributed by atoms with van der Waals surface area (Å²) in [7, 11) is 2.27. The molecule has 0 amide bonds. The fraction of sp³-hybridized carbons (Fsp3) is 1.00. The predicted molar refractivity (Wildman–Crippen MR) is 72.0 cm³/mol. The quantitative estimate of drug-likeness (QED) is 0.797. The first-order valence-electron chi connectivity index (χ1n) is 7.55. The molecular formula is C15H29NO. The molecular weight excluding hydrogens is 210 g/mol. The highest BCUT2D eigenvalue weighted by molar-refractivity contribution is 4.95. The highest BCUT2D eigenvalue weighted by Crippen LogP contribution is 2.39.